The van der Waals surface area contributed by atoms with Crippen LogP contribution in [0.3, 0.4) is 0 Å². The minimum Gasteiger partial charge on any atom is -0.313 e. The molecule has 0 spiro atoms. The fraction of sp³-hybridized carbons (Fsp3) is 0.429. The molecule has 1 N–H and O–H groups in total. The molecule has 0 radical (unpaired) electrons. The van der Waals surface area contributed by atoms with E-state index in [4.69, 9.17) is 0 Å². The SMILES string of the molecule is Cc1cc(C)n(CCCNCc2cncc(Br)c2)n1. The normalized spacial score (nSPS) is 10.9. The van der Waals surface area contributed by atoms with Gasteiger partial charge in [0.05, 0.1) is 5.69 Å². The van der Waals surface area contributed by atoms with Crippen molar-refractivity contribution in [1.82, 2.24) is 20.1 Å². The molecule has 2 rings (SSSR count). The number of hydrogen-bond acceptors (Lipinski definition) is 3. The highest BCUT2D eigenvalue weighted by Crippen LogP contribution is 2.09. The maximum absolute atomic E-state index is 4.45. The number of aromatic nitrogens is 3. The Morgan fingerprint density at radius 3 is 2.79 bits per heavy atom. The van der Waals surface area contributed by atoms with Crippen LogP contribution in [0.1, 0.15) is 23.4 Å². The molecule has 0 aromatic carbocycles. The molecule has 2 aromatic rings. The molecule has 102 valence electrons. The van der Waals surface area contributed by atoms with Gasteiger partial charge >= 0.3 is 0 Å². The van der Waals surface area contributed by atoms with Gasteiger partial charge in [0.25, 0.3) is 0 Å². The van der Waals surface area contributed by atoms with Crippen molar-refractivity contribution >= 4 is 15.9 Å². The molecule has 0 fully saturated rings. The summed E-state index contributed by atoms with van der Waals surface area (Å²) in [6.45, 7) is 6.92. The molecule has 0 bridgehead atoms. The maximum Gasteiger partial charge on any atom is 0.0596 e. The van der Waals surface area contributed by atoms with Crippen molar-refractivity contribution in [2.24, 2.45) is 0 Å². The van der Waals surface area contributed by atoms with Gasteiger partial charge in [-0.05, 0) is 60.4 Å². The lowest BCUT2D eigenvalue weighted by Gasteiger charge is -2.06. The zero-order chi connectivity index (χ0) is 13.7. The van der Waals surface area contributed by atoms with Crippen LogP contribution in [0.25, 0.3) is 0 Å². The first kappa shape index (κ1) is 14.2. The number of nitrogens with zero attached hydrogens (tertiary/aromatic N) is 3. The van der Waals surface area contributed by atoms with E-state index in [1.54, 1.807) is 6.20 Å². The van der Waals surface area contributed by atoms with E-state index in [0.717, 1.165) is 36.2 Å². The molecule has 2 heterocycles. The van der Waals surface area contributed by atoms with Crippen LogP contribution in [0.5, 0.6) is 0 Å². The second kappa shape index (κ2) is 6.82. The van der Waals surface area contributed by atoms with Crippen molar-refractivity contribution in [2.75, 3.05) is 6.54 Å². The van der Waals surface area contributed by atoms with Gasteiger partial charge in [-0.2, -0.15) is 5.10 Å². The monoisotopic (exact) mass is 322 g/mol. The van der Waals surface area contributed by atoms with Crippen LogP contribution in [0.4, 0.5) is 0 Å². The predicted octanol–water partition coefficient (Wildman–Crippen LogP) is 2.84. The third-order valence-electron chi connectivity index (χ3n) is 2.92. The number of rotatable bonds is 6. The fourth-order valence-corrected chi connectivity index (χ4v) is 2.45. The fourth-order valence-electron chi connectivity index (χ4n) is 2.04. The van der Waals surface area contributed by atoms with E-state index in [1.165, 1.54) is 11.3 Å². The van der Waals surface area contributed by atoms with E-state index in [0.29, 0.717) is 0 Å². The van der Waals surface area contributed by atoms with Crippen LogP contribution in [0.15, 0.2) is 29.0 Å². The van der Waals surface area contributed by atoms with Crippen LogP contribution in [0, 0.1) is 13.8 Å². The zero-order valence-electron chi connectivity index (χ0n) is 11.4. The molecular formula is C14H19BrN4. The van der Waals surface area contributed by atoms with Crippen molar-refractivity contribution < 1.29 is 0 Å². The second-order valence-corrected chi connectivity index (χ2v) is 5.61. The molecule has 2 aromatic heterocycles. The van der Waals surface area contributed by atoms with E-state index in [1.807, 2.05) is 13.1 Å². The van der Waals surface area contributed by atoms with E-state index < -0.39 is 0 Å². The lowest BCUT2D eigenvalue weighted by atomic mass is 10.3. The Kier molecular flexibility index (Phi) is 5.10. The van der Waals surface area contributed by atoms with Crippen molar-refractivity contribution in [3.8, 4) is 0 Å². The molecule has 4 nitrogen and oxygen atoms in total. The minimum atomic E-state index is 0.851. The summed E-state index contributed by atoms with van der Waals surface area (Å²) in [6.07, 6.45) is 4.76. The highest BCUT2D eigenvalue weighted by molar-refractivity contribution is 9.10. The predicted molar refractivity (Wildman–Crippen MR) is 80.0 cm³/mol. The van der Waals surface area contributed by atoms with Gasteiger partial charge in [0.1, 0.15) is 0 Å². The summed E-state index contributed by atoms with van der Waals surface area (Å²) in [5, 5.41) is 7.87. The molecule has 19 heavy (non-hydrogen) atoms. The average Bonchev–Trinajstić information content (AvgIpc) is 2.68. The Morgan fingerprint density at radius 2 is 2.11 bits per heavy atom. The van der Waals surface area contributed by atoms with Gasteiger partial charge < -0.3 is 5.32 Å². The van der Waals surface area contributed by atoms with Crippen molar-refractivity contribution in [1.29, 1.82) is 0 Å². The summed E-state index contributed by atoms with van der Waals surface area (Å²) < 4.78 is 3.09. The number of halogens is 1. The quantitative estimate of drug-likeness (QED) is 0.831. The van der Waals surface area contributed by atoms with Crippen molar-refractivity contribution in [3.05, 3.63) is 46.0 Å². The first-order valence-electron chi connectivity index (χ1n) is 6.46. The van der Waals surface area contributed by atoms with Gasteiger partial charge in [-0.3, -0.25) is 9.67 Å². The van der Waals surface area contributed by atoms with Gasteiger partial charge in [0.2, 0.25) is 0 Å². The minimum absolute atomic E-state index is 0.851. The van der Waals surface area contributed by atoms with E-state index >= 15 is 0 Å². The molecule has 0 saturated carbocycles. The molecule has 0 saturated heterocycles. The summed E-state index contributed by atoms with van der Waals surface area (Å²) in [4.78, 5) is 4.14. The Morgan fingerprint density at radius 1 is 1.26 bits per heavy atom. The van der Waals surface area contributed by atoms with E-state index in [9.17, 15) is 0 Å². The van der Waals surface area contributed by atoms with Crippen LogP contribution in [0.2, 0.25) is 0 Å². The number of aryl methyl sites for hydroxylation is 3. The smallest absolute Gasteiger partial charge is 0.0596 e. The summed E-state index contributed by atoms with van der Waals surface area (Å²) >= 11 is 3.42. The van der Waals surface area contributed by atoms with Gasteiger partial charge in [-0.25, -0.2) is 0 Å². The van der Waals surface area contributed by atoms with Crippen LogP contribution < -0.4 is 5.32 Å². The van der Waals surface area contributed by atoms with E-state index in [2.05, 4.69) is 55.1 Å². The third kappa shape index (κ3) is 4.44. The Labute approximate surface area is 122 Å². The standard InChI is InChI=1S/C14H19BrN4/c1-11-6-12(2)19(18-11)5-3-4-16-8-13-7-14(15)10-17-9-13/h6-7,9-10,16H,3-5,8H2,1-2H3. The van der Waals surface area contributed by atoms with Gasteiger partial charge in [-0.1, -0.05) is 0 Å². The lowest BCUT2D eigenvalue weighted by molar-refractivity contribution is 0.532. The molecule has 5 heteroatoms. The second-order valence-electron chi connectivity index (χ2n) is 4.69. The largest absolute Gasteiger partial charge is 0.313 e. The lowest BCUT2D eigenvalue weighted by Crippen LogP contribution is -2.17. The molecule has 0 aliphatic heterocycles. The van der Waals surface area contributed by atoms with E-state index in [-0.39, 0.29) is 0 Å². The van der Waals surface area contributed by atoms with Crippen LogP contribution >= 0.6 is 15.9 Å². The maximum atomic E-state index is 4.45. The van der Waals surface area contributed by atoms with Crippen LogP contribution in [-0.4, -0.2) is 21.3 Å². The third-order valence-corrected chi connectivity index (χ3v) is 3.35. The molecule has 0 aliphatic carbocycles. The summed E-state index contributed by atoms with van der Waals surface area (Å²) in [5.41, 5.74) is 3.51. The number of nitrogens with one attached hydrogen (secondary N) is 1. The molecule has 0 atom stereocenters. The molecule has 0 amide bonds. The Balaban J connectivity index is 1.69. The number of hydrogen-bond donors (Lipinski definition) is 1. The van der Waals surface area contributed by atoms with Gasteiger partial charge in [-0.15, -0.1) is 0 Å². The highest BCUT2D eigenvalue weighted by Gasteiger charge is 2.00. The number of pyridine rings is 1. The summed E-state index contributed by atoms with van der Waals surface area (Å²) in [5.74, 6) is 0. The molecular weight excluding hydrogens is 304 g/mol. The summed E-state index contributed by atoms with van der Waals surface area (Å²) in [7, 11) is 0. The topological polar surface area (TPSA) is 42.7 Å². The van der Waals surface area contributed by atoms with Gasteiger partial charge in [0, 0.05) is 35.6 Å². The Hall–Kier alpha value is -1.20. The first-order chi connectivity index (χ1) is 9.15. The van der Waals surface area contributed by atoms with Gasteiger partial charge in [0.15, 0.2) is 0 Å². The average molecular weight is 323 g/mol. The molecule has 0 unspecified atom stereocenters. The zero-order valence-corrected chi connectivity index (χ0v) is 12.9. The molecule has 0 aliphatic rings. The van der Waals surface area contributed by atoms with Crippen molar-refractivity contribution in [3.63, 3.8) is 0 Å². The Bertz CT molecular complexity index is 536. The summed E-state index contributed by atoms with van der Waals surface area (Å²) in [6, 6.07) is 4.20. The van der Waals surface area contributed by atoms with Crippen molar-refractivity contribution in [2.45, 2.75) is 33.4 Å². The van der Waals surface area contributed by atoms with Crippen LogP contribution in [-0.2, 0) is 13.1 Å². The first-order valence-corrected chi connectivity index (χ1v) is 7.25. The highest BCUT2D eigenvalue weighted by atomic mass is 79.9.